The Bertz CT molecular complexity index is 447. The molecule has 0 amide bonds. The number of hydrogen-bond acceptors (Lipinski definition) is 4. The third-order valence-corrected chi connectivity index (χ3v) is 2.10. The van der Waals surface area contributed by atoms with Crippen LogP contribution >= 0.6 is 0 Å². The molecular weight excluding hydrogens is 244 g/mol. The molecule has 0 atom stereocenters. The average molecular weight is 257 g/mol. The zero-order valence-corrected chi connectivity index (χ0v) is 10.0. The van der Waals surface area contributed by atoms with Crippen molar-refractivity contribution < 1.29 is 23.1 Å². The number of alkyl halides is 2. The summed E-state index contributed by atoms with van der Waals surface area (Å²) >= 11 is 0. The van der Waals surface area contributed by atoms with Crippen LogP contribution in [0.15, 0.2) is 29.4 Å². The smallest absolute Gasteiger partial charge is 0.337 e. The summed E-state index contributed by atoms with van der Waals surface area (Å²) in [6.07, 6.45) is -2.57. The van der Waals surface area contributed by atoms with Crippen LogP contribution in [-0.2, 0) is 9.57 Å². The van der Waals surface area contributed by atoms with Crippen LogP contribution in [0, 0.1) is 0 Å². The molecule has 0 radical (unpaired) electrons. The fraction of sp³-hybridized carbons (Fsp3) is 0.333. The van der Waals surface area contributed by atoms with Crippen LogP contribution in [0.1, 0.15) is 22.8 Å². The maximum absolute atomic E-state index is 11.8. The first-order valence-electron chi connectivity index (χ1n) is 5.18. The van der Waals surface area contributed by atoms with Crippen molar-refractivity contribution in [1.29, 1.82) is 0 Å². The third kappa shape index (κ3) is 4.12. The van der Waals surface area contributed by atoms with E-state index in [2.05, 4.69) is 14.7 Å². The Labute approximate surface area is 103 Å². The van der Waals surface area contributed by atoms with E-state index in [1.807, 2.05) is 0 Å². The van der Waals surface area contributed by atoms with Crippen molar-refractivity contribution in [2.24, 2.45) is 5.16 Å². The fourth-order valence-corrected chi connectivity index (χ4v) is 1.23. The number of methoxy groups -OCH3 is 1. The van der Waals surface area contributed by atoms with Gasteiger partial charge in [-0.2, -0.15) is 0 Å². The van der Waals surface area contributed by atoms with Crippen LogP contribution in [0.2, 0.25) is 0 Å². The number of oxime groups is 1. The van der Waals surface area contributed by atoms with E-state index < -0.39 is 19.0 Å². The van der Waals surface area contributed by atoms with Crippen LogP contribution in [0.4, 0.5) is 8.78 Å². The lowest BCUT2D eigenvalue weighted by molar-refractivity contribution is 0.0203. The molecule has 0 bridgehead atoms. The molecule has 1 aromatic carbocycles. The summed E-state index contributed by atoms with van der Waals surface area (Å²) < 4.78 is 28.3. The number of hydrogen-bond donors (Lipinski definition) is 0. The first kappa shape index (κ1) is 14.1. The van der Waals surface area contributed by atoms with Crippen molar-refractivity contribution in [2.75, 3.05) is 13.7 Å². The third-order valence-electron chi connectivity index (χ3n) is 2.10. The van der Waals surface area contributed by atoms with Gasteiger partial charge in [0.05, 0.1) is 18.4 Å². The molecule has 0 saturated carbocycles. The lowest BCUT2D eigenvalue weighted by Crippen LogP contribution is -2.05. The van der Waals surface area contributed by atoms with Crippen molar-refractivity contribution >= 4 is 11.7 Å². The molecule has 0 N–H and O–H groups in total. The molecule has 4 nitrogen and oxygen atoms in total. The van der Waals surface area contributed by atoms with Gasteiger partial charge in [-0.05, 0) is 24.6 Å². The molecule has 0 heterocycles. The van der Waals surface area contributed by atoms with E-state index in [9.17, 15) is 13.6 Å². The van der Waals surface area contributed by atoms with Gasteiger partial charge in [0.2, 0.25) is 0 Å². The van der Waals surface area contributed by atoms with Crippen molar-refractivity contribution in [3.05, 3.63) is 35.4 Å². The molecule has 6 heteroatoms. The number of rotatable bonds is 5. The summed E-state index contributed by atoms with van der Waals surface area (Å²) in [5.74, 6) is -0.474. The maximum Gasteiger partial charge on any atom is 0.337 e. The molecule has 1 rings (SSSR count). The first-order valence-corrected chi connectivity index (χ1v) is 5.18. The maximum atomic E-state index is 11.8. The summed E-state index contributed by atoms with van der Waals surface area (Å²) in [5, 5.41) is 3.55. The second-order valence-corrected chi connectivity index (χ2v) is 3.44. The van der Waals surface area contributed by atoms with Crippen molar-refractivity contribution in [3.8, 4) is 0 Å². The number of ether oxygens (including phenoxy) is 1. The zero-order valence-electron chi connectivity index (χ0n) is 10.0. The van der Waals surface area contributed by atoms with E-state index in [4.69, 9.17) is 0 Å². The highest BCUT2D eigenvalue weighted by molar-refractivity contribution is 6.00. The van der Waals surface area contributed by atoms with Crippen LogP contribution in [0.3, 0.4) is 0 Å². The Balaban J connectivity index is 2.79. The Kier molecular flexibility index (Phi) is 5.23. The van der Waals surface area contributed by atoms with E-state index in [0.29, 0.717) is 16.8 Å². The molecule has 0 saturated heterocycles. The van der Waals surface area contributed by atoms with Gasteiger partial charge in [-0.15, -0.1) is 0 Å². The van der Waals surface area contributed by atoms with Crippen LogP contribution in [0.25, 0.3) is 0 Å². The topological polar surface area (TPSA) is 47.9 Å². The first-order chi connectivity index (χ1) is 8.54. The Morgan fingerprint density at radius 3 is 2.67 bits per heavy atom. The van der Waals surface area contributed by atoms with Gasteiger partial charge in [0, 0.05) is 0 Å². The zero-order chi connectivity index (χ0) is 13.5. The number of halogens is 2. The molecule has 98 valence electrons. The highest BCUT2D eigenvalue weighted by Crippen LogP contribution is 2.08. The summed E-state index contributed by atoms with van der Waals surface area (Å²) in [4.78, 5) is 15.8. The summed E-state index contributed by atoms with van der Waals surface area (Å²) in [5.41, 5.74) is 1.37. The molecule has 0 aliphatic carbocycles. The summed E-state index contributed by atoms with van der Waals surface area (Å²) in [7, 11) is 1.28. The molecule has 0 aliphatic rings. The minimum atomic E-state index is -2.57. The molecule has 0 aromatic heterocycles. The van der Waals surface area contributed by atoms with Gasteiger partial charge in [-0.25, -0.2) is 13.6 Å². The molecule has 0 unspecified atom stereocenters. The fourth-order valence-electron chi connectivity index (χ4n) is 1.23. The van der Waals surface area contributed by atoms with E-state index in [1.165, 1.54) is 7.11 Å². The predicted octanol–water partition coefficient (Wildman–Crippen LogP) is 2.48. The SMILES string of the molecule is COC(=O)c1cccc(C(C)=NOCC(F)F)c1. The molecule has 0 fully saturated rings. The Hall–Kier alpha value is -1.98. The van der Waals surface area contributed by atoms with E-state index in [-0.39, 0.29) is 0 Å². The minimum Gasteiger partial charge on any atom is -0.465 e. The number of carbonyl (C=O) groups is 1. The summed E-state index contributed by atoms with van der Waals surface area (Å²) in [6.45, 7) is 0.843. The van der Waals surface area contributed by atoms with Gasteiger partial charge < -0.3 is 9.57 Å². The average Bonchev–Trinajstić information content (AvgIpc) is 2.37. The molecule has 18 heavy (non-hydrogen) atoms. The van der Waals surface area contributed by atoms with Gasteiger partial charge in [-0.3, -0.25) is 0 Å². The van der Waals surface area contributed by atoms with Crippen molar-refractivity contribution in [1.82, 2.24) is 0 Å². The lowest BCUT2D eigenvalue weighted by Gasteiger charge is -2.04. The second kappa shape index (κ2) is 6.68. The van der Waals surface area contributed by atoms with Crippen molar-refractivity contribution in [3.63, 3.8) is 0 Å². The minimum absolute atomic E-state index is 0.360. The number of esters is 1. The van der Waals surface area contributed by atoms with Crippen LogP contribution in [0.5, 0.6) is 0 Å². The largest absolute Gasteiger partial charge is 0.465 e. The standard InChI is InChI=1S/C12H13F2NO3/c1-8(15-18-7-11(13)14)9-4-3-5-10(6-9)12(16)17-2/h3-6,11H,7H2,1-2H3. The molecule has 0 aliphatic heterocycles. The second-order valence-electron chi connectivity index (χ2n) is 3.44. The molecule has 0 spiro atoms. The van der Waals surface area contributed by atoms with Crippen LogP contribution in [-0.4, -0.2) is 31.8 Å². The highest BCUT2D eigenvalue weighted by atomic mass is 19.3. The van der Waals surface area contributed by atoms with Crippen molar-refractivity contribution in [2.45, 2.75) is 13.3 Å². The normalized spacial score (nSPS) is 11.5. The van der Waals surface area contributed by atoms with Gasteiger partial charge in [0.25, 0.3) is 6.43 Å². The Morgan fingerprint density at radius 1 is 1.39 bits per heavy atom. The number of benzene rings is 1. The van der Waals surface area contributed by atoms with E-state index in [1.54, 1.807) is 31.2 Å². The monoisotopic (exact) mass is 257 g/mol. The summed E-state index contributed by atoms with van der Waals surface area (Å²) in [6, 6.07) is 6.48. The quantitative estimate of drug-likeness (QED) is 0.462. The predicted molar refractivity (Wildman–Crippen MR) is 61.9 cm³/mol. The lowest BCUT2D eigenvalue weighted by atomic mass is 10.1. The number of nitrogens with zero attached hydrogens (tertiary/aromatic N) is 1. The van der Waals surface area contributed by atoms with Gasteiger partial charge in [-0.1, -0.05) is 17.3 Å². The van der Waals surface area contributed by atoms with Gasteiger partial charge >= 0.3 is 5.97 Å². The Morgan fingerprint density at radius 2 is 2.06 bits per heavy atom. The van der Waals surface area contributed by atoms with E-state index in [0.717, 1.165) is 0 Å². The van der Waals surface area contributed by atoms with E-state index >= 15 is 0 Å². The highest BCUT2D eigenvalue weighted by Gasteiger charge is 2.07. The van der Waals surface area contributed by atoms with Crippen LogP contribution < -0.4 is 0 Å². The van der Waals surface area contributed by atoms with Gasteiger partial charge in [0.15, 0.2) is 6.61 Å². The molecular formula is C12H13F2NO3. The molecule has 1 aromatic rings. The van der Waals surface area contributed by atoms with Gasteiger partial charge in [0.1, 0.15) is 0 Å². The number of carbonyl (C=O) groups excluding carboxylic acids is 1.